The number of benzene rings is 1. The molecule has 17 heavy (non-hydrogen) atoms. The average molecular weight is 252 g/mol. The average Bonchev–Trinajstić information content (AvgIpc) is 2.27. The summed E-state index contributed by atoms with van der Waals surface area (Å²) < 4.78 is 25.9. The quantitative estimate of drug-likeness (QED) is 0.866. The topological polar surface area (TPSA) is 70.0 Å². The van der Waals surface area contributed by atoms with Gasteiger partial charge < -0.3 is 0 Å². The van der Waals surface area contributed by atoms with E-state index in [-0.39, 0.29) is 11.7 Å². The highest BCUT2D eigenvalue weighted by Gasteiger charge is 2.11. The number of rotatable bonds is 5. The molecule has 1 rings (SSSR count). The number of nitrogens with one attached hydrogen (secondary N) is 1. The maximum absolute atomic E-state index is 11.7. The Hall–Kier alpha value is -1.38. The minimum absolute atomic E-state index is 0.0502. The first kappa shape index (κ1) is 13.7. The van der Waals surface area contributed by atoms with Gasteiger partial charge in [0.2, 0.25) is 10.0 Å². The van der Waals surface area contributed by atoms with Crippen LogP contribution < -0.4 is 4.72 Å². The Morgan fingerprint density at radius 1 is 1.29 bits per heavy atom. The summed E-state index contributed by atoms with van der Waals surface area (Å²) >= 11 is 0. The van der Waals surface area contributed by atoms with Crippen molar-refractivity contribution in [1.29, 1.82) is 5.26 Å². The van der Waals surface area contributed by atoms with E-state index in [2.05, 4.69) is 4.72 Å². The highest BCUT2D eigenvalue weighted by molar-refractivity contribution is 7.88. The molecule has 0 fully saturated rings. The van der Waals surface area contributed by atoms with E-state index >= 15 is 0 Å². The van der Waals surface area contributed by atoms with Crippen LogP contribution in [-0.2, 0) is 15.8 Å². The van der Waals surface area contributed by atoms with E-state index in [1.54, 1.807) is 24.3 Å². The minimum atomic E-state index is -3.28. The molecule has 0 spiro atoms. The number of hydrogen-bond acceptors (Lipinski definition) is 3. The predicted octanol–water partition coefficient (Wildman–Crippen LogP) is 1.63. The van der Waals surface area contributed by atoms with Gasteiger partial charge in [-0.05, 0) is 23.6 Å². The van der Waals surface area contributed by atoms with Gasteiger partial charge in [-0.2, -0.15) is 5.26 Å². The van der Waals surface area contributed by atoms with Crippen molar-refractivity contribution in [2.45, 2.75) is 19.6 Å². The van der Waals surface area contributed by atoms with Crippen molar-refractivity contribution in [2.75, 3.05) is 6.54 Å². The Morgan fingerprint density at radius 3 is 2.35 bits per heavy atom. The molecule has 0 amide bonds. The second-order valence-electron chi connectivity index (χ2n) is 4.31. The molecule has 0 heterocycles. The number of nitrogens with zero attached hydrogens (tertiary/aromatic N) is 1. The third-order valence-electron chi connectivity index (χ3n) is 2.15. The number of sulfonamides is 1. The van der Waals surface area contributed by atoms with Gasteiger partial charge in [-0.1, -0.05) is 26.0 Å². The zero-order chi connectivity index (χ0) is 12.9. The Bertz CT molecular complexity index is 498. The van der Waals surface area contributed by atoms with Crippen LogP contribution >= 0.6 is 0 Å². The van der Waals surface area contributed by atoms with Crippen LogP contribution in [0.4, 0.5) is 0 Å². The van der Waals surface area contributed by atoms with Crippen molar-refractivity contribution in [3.8, 4) is 6.07 Å². The lowest BCUT2D eigenvalue weighted by Crippen LogP contribution is -2.28. The van der Waals surface area contributed by atoms with Crippen molar-refractivity contribution in [1.82, 2.24) is 4.72 Å². The summed E-state index contributed by atoms with van der Waals surface area (Å²) in [5.41, 5.74) is 1.21. The van der Waals surface area contributed by atoms with Crippen LogP contribution in [0.3, 0.4) is 0 Å². The maximum atomic E-state index is 11.7. The maximum Gasteiger partial charge on any atom is 0.215 e. The molecule has 92 valence electrons. The minimum Gasteiger partial charge on any atom is -0.215 e. The molecule has 1 aromatic rings. The molecule has 0 aliphatic carbocycles. The van der Waals surface area contributed by atoms with E-state index in [0.717, 1.165) is 0 Å². The fraction of sp³-hybridized carbons (Fsp3) is 0.417. The van der Waals surface area contributed by atoms with Gasteiger partial charge in [0, 0.05) is 6.54 Å². The fourth-order valence-electron chi connectivity index (χ4n) is 1.24. The van der Waals surface area contributed by atoms with Crippen molar-refractivity contribution >= 4 is 10.0 Å². The van der Waals surface area contributed by atoms with Gasteiger partial charge in [0.15, 0.2) is 0 Å². The second-order valence-corrected chi connectivity index (χ2v) is 6.12. The second kappa shape index (κ2) is 5.80. The first-order valence-electron chi connectivity index (χ1n) is 5.39. The standard InChI is InChI=1S/C12H16N2O2S/c1-10(2)8-14-17(15,16)9-12-5-3-11(7-13)4-6-12/h3-6,10,14H,8-9H2,1-2H3. The Balaban J connectivity index is 2.67. The van der Waals surface area contributed by atoms with Crippen molar-refractivity contribution in [2.24, 2.45) is 5.92 Å². The molecule has 1 N–H and O–H groups in total. The Labute approximate surface area is 102 Å². The fourth-order valence-corrected chi connectivity index (χ4v) is 2.56. The van der Waals surface area contributed by atoms with Crippen molar-refractivity contribution in [3.63, 3.8) is 0 Å². The lowest BCUT2D eigenvalue weighted by atomic mass is 10.2. The van der Waals surface area contributed by atoms with Gasteiger partial charge in [0.1, 0.15) is 0 Å². The SMILES string of the molecule is CC(C)CNS(=O)(=O)Cc1ccc(C#N)cc1. The molecule has 0 saturated carbocycles. The smallest absolute Gasteiger partial charge is 0.215 e. The lowest BCUT2D eigenvalue weighted by Gasteiger charge is -2.08. The van der Waals surface area contributed by atoms with Crippen LogP contribution in [0, 0.1) is 17.2 Å². The summed E-state index contributed by atoms with van der Waals surface area (Å²) in [6.07, 6.45) is 0. The highest BCUT2D eigenvalue weighted by atomic mass is 32.2. The zero-order valence-electron chi connectivity index (χ0n) is 9.97. The molecule has 0 saturated heterocycles. The van der Waals surface area contributed by atoms with Crippen LogP contribution in [-0.4, -0.2) is 15.0 Å². The van der Waals surface area contributed by atoms with Gasteiger partial charge >= 0.3 is 0 Å². The molecule has 1 aromatic carbocycles. The van der Waals surface area contributed by atoms with Gasteiger partial charge in [-0.3, -0.25) is 0 Å². The van der Waals surface area contributed by atoms with Gasteiger partial charge in [0.05, 0.1) is 17.4 Å². The van der Waals surface area contributed by atoms with Crippen LogP contribution in [0.1, 0.15) is 25.0 Å². The monoisotopic (exact) mass is 252 g/mol. The van der Waals surface area contributed by atoms with E-state index in [4.69, 9.17) is 5.26 Å². The summed E-state index contributed by atoms with van der Waals surface area (Å²) in [6, 6.07) is 8.55. The van der Waals surface area contributed by atoms with E-state index in [1.807, 2.05) is 19.9 Å². The van der Waals surface area contributed by atoms with Crippen molar-refractivity contribution < 1.29 is 8.42 Å². The molecular weight excluding hydrogens is 236 g/mol. The lowest BCUT2D eigenvalue weighted by molar-refractivity contribution is 0.559. The van der Waals surface area contributed by atoms with Gasteiger partial charge in [-0.25, -0.2) is 13.1 Å². The van der Waals surface area contributed by atoms with E-state index in [9.17, 15) is 8.42 Å². The molecule has 0 aliphatic rings. The molecule has 4 nitrogen and oxygen atoms in total. The first-order chi connectivity index (χ1) is 7.93. The molecular formula is C12H16N2O2S. The normalized spacial score (nSPS) is 11.4. The summed E-state index contributed by atoms with van der Waals surface area (Å²) in [5.74, 6) is 0.233. The highest BCUT2D eigenvalue weighted by Crippen LogP contribution is 2.07. The number of hydrogen-bond donors (Lipinski definition) is 1. The zero-order valence-corrected chi connectivity index (χ0v) is 10.8. The molecule has 0 bridgehead atoms. The van der Waals surface area contributed by atoms with Crippen LogP contribution in [0.25, 0.3) is 0 Å². The predicted molar refractivity (Wildman–Crippen MR) is 66.6 cm³/mol. The molecule has 0 unspecified atom stereocenters. The molecule has 0 aromatic heterocycles. The van der Waals surface area contributed by atoms with Crippen LogP contribution in [0.2, 0.25) is 0 Å². The molecule has 0 radical (unpaired) electrons. The van der Waals surface area contributed by atoms with E-state index in [0.29, 0.717) is 17.7 Å². The molecule has 0 aliphatic heterocycles. The molecule has 0 atom stereocenters. The Morgan fingerprint density at radius 2 is 1.88 bits per heavy atom. The third kappa shape index (κ3) is 4.98. The summed E-state index contributed by atoms with van der Waals surface area (Å²) in [7, 11) is -3.28. The third-order valence-corrected chi connectivity index (χ3v) is 3.47. The molecule has 5 heteroatoms. The van der Waals surface area contributed by atoms with E-state index in [1.165, 1.54) is 0 Å². The van der Waals surface area contributed by atoms with Crippen LogP contribution in [0.5, 0.6) is 0 Å². The summed E-state index contributed by atoms with van der Waals surface area (Å²) in [6.45, 7) is 4.34. The van der Waals surface area contributed by atoms with Crippen LogP contribution in [0.15, 0.2) is 24.3 Å². The summed E-state index contributed by atoms with van der Waals surface area (Å²) in [5, 5.41) is 8.63. The largest absolute Gasteiger partial charge is 0.215 e. The number of nitriles is 1. The van der Waals surface area contributed by atoms with Gasteiger partial charge in [-0.15, -0.1) is 0 Å². The first-order valence-corrected chi connectivity index (χ1v) is 7.04. The summed E-state index contributed by atoms with van der Waals surface area (Å²) in [4.78, 5) is 0. The Kier molecular flexibility index (Phi) is 4.67. The van der Waals surface area contributed by atoms with Crippen molar-refractivity contribution in [3.05, 3.63) is 35.4 Å². The van der Waals surface area contributed by atoms with Gasteiger partial charge in [0.25, 0.3) is 0 Å². The van der Waals surface area contributed by atoms with E-state index < -0.39 is 10.0 Å².